The zero-order valence-electron chi connectivity index (χ0n) is 15.6. The maximum Gasteiger partial charge on any atom is 0.573 e. The van der Waals surface area contributed by atoms with Gasteiger partial charge in [0, 0.05) is 30.8 Å². The standard InChI is InChI=1S/C19H19F3N2O4S2/c20-19(21,22)28-16-5-2-1-4-14(16)7-8-17(25)24-11-9-15(10-12-24)23-30(26,27)18-6-3-13-29-18/h1-8,13,15,23H,9-12H2/b8-7+. The number of likely N-dealkylation sites (tertiary alicyclic amines) is 1. The predicted octanol–water partition coefficient (Wildman–Crippen LogP) is 3.63. The summed E-state index contributed by atoms with van der Waals surface area (Å²) in [5.41, 5.74) is 0.127. The Morgan fingerprint density at radius 2 is 1.87 bits per heavy atom. The Bertz CT molecular complexity index is 997. The molecule has 0 aliphatic carbocycles. The molecule has 1 N–H and O–H groups in total. The Hall–Kier alpha value is -2.37. The SMILES string of the molecule is O=C(/C=C/c1ccccc1OC(F)(F)F)N1CCC(NS(=O)(=O)c2cccs2)CC1. The number of sulfonamides is 1. The van der Waals surface area contributed by atoms with Crippen LogP contribution in [0.2, 0.25) is 0 Å². The van der Waals surface area contributed by atoms with E-state index in [1.54, 1.807) is 17.5 Å². The Balaban J connectivity index is 1.56. The van der Waals surface area contributed by atoms with E-state index >= 15 is 0 Å². The van der Waals surface area contributed by atoms with Crippen LogP contribution in [0.15, 0.2) is 52.1 Å². The van der Waals surface area contributed by atoms with Crippen LogP contribution in [0.1, 0.15) is 18.4 Å². The van der Waals surface area contributed by atoms with Crippen molar-refractivity contribution in [3.8, 4) is 5.75 Å². The predicted molar refractivity (Wildman–Crippen MR) is 106 cm³/mol. The van der Waals surface area contributed by atoms with E-state index < -0.39 is 22.1 Å². The monoisotopic (exact) mass is 460 g/mol. The first-order valence-electron chi connectivity index (χ1n) is 9.02. The van der Waals surface area contributed by atoms with E-state index in [9.17, 15) is 26.4 Å². The van der Waals surface area contributed by atoms with Crippen LogP contribution in [0, 0.1) is 0 Å². The molecule has 1 amide bonds. The fourth-order valence-corrected chi connectivity index (χ4v) is 5.33. The molecule has 1 fully saturated rings. The first-order chi connectivity index (χ1) is 14.1. The number of piperidine rings is 1. The molecule has 1 aliphatic heterocycles. The number of hydrogen-bond acceptors (Lipinski definition) is 5. The number of amides is 1. The minimum absolute atomic E-state index is 0.127. The molecule has 1 aliphatic rings. The van der Waals surface area contributed by atoms with Crippen LogP contribution in [-0.4, -0.2) is 44.7 Å². The number of thiophene rings is 1. The van der Waals surface area contributed by atoms with E-state index in [2.05, 4.69) is 9.46 Å². The number of alkyl halides is 3. The molecular formula is C19H19F3N2O4S2. The van der Waals surface area contributed by atoms with Gasteiger partial charge in [0.25, 0.3) is 0 Å². The topological polar surface area (TPSA) is 75.7 Å². The van der Waals surface area contributed by atoms with Crippen LogP contribution in [0.25, 0.3) is 6.08 Å². The third kappa shape index (κ3) is 6.07. The fourth-order valence-electron chi connectivity index (χ4n) is 3.01. The van der Waals surface area contributed by atoms with Crippen LogP contribution in [0.3, 0.4) is 0 Å². The van der Waals surface area contributed by atoms with Gasteiger partial charge in [0.15, 0.2) is 0 Å². The average molecular weight is 460 g/mol. The largest absolute Gasteiger partial charge is 0.573 e. The van der Waals surface area contributed by atoms with E-state index in [0.29, 0.717) is 25.9 Å². The van der Waals surface area contributed by atoms with Crippen molar-refractivity contribution in [2.75, 3.05) is 13.1 Å². The van der Waals surface area contributed by atoms with Crippen LogP contribution in [-0.2, 0) is 14.8 Å². The minimum atomic E-state index is -4.83. The third-order valence-corrected chi connectivity index (χ3v) is 7.36. The molecule has 6 nitrogen and oxygen atoms in total. The van der Waals surface area contributed by atoms with Gasteiger partial charge in [-0.05, 0) is 36.4 Å². The van der Waals surface area contributed by atoms with Gasteiger partial charge in [-0.2, -0.15) is 0 Å². The number of carbonyl (C=O) groups excluding carboxylic acids is 1. The molecule has 2 heterocycles. The van der Waals surface area contributed by atoms with Crippen molar-refractivity contribution in [2.45, 2.75) is 29.5 Å². The molecule has 1 saturated heterocycles. The first kappa shape index (κ1) is 22.3. The van der Waals surface area contributed by atoms with Crippen molar-refractivity contribution >= 4 is 33.3 Å². The lowest BCUT2D eigenvalue weighted by Crippen LogP contribution is -2.46. The summed E-state index contributed by atoms with van der Waals surface area (Å²) >= 11 is 1.13. The van der Waals surface area contributed by atoms with E-state index in [1.165, 1.54) is 41.3 Å². The van der Waals surface area contributed by atoms with Crippen LogP contribution in [0.4, 0.5) is 13.2 Å². The van der Waals surface area contributed by atoms with Crippen LogP contribution in [0.5, 0.6) is 5.75 Å². The van der Waals surface area contributed by atoms with Crippen molar-refractivity contribution in [3.63, 3.8) is 0 Å². The highest BCUT2D eigenvalue weighted by atomic mass is 32.2. The summed E-state index contributed by atoms with van der Waals surface area (Å²) in [4.78, 5) is 13.9. The average Bonchev–Trinajstić information content (AvgIpc) is 3.22. The van der Waals surface area contributed by atoms with Crippen LogP contribution < -0.4 is 9.46 Å². The second-order valence-electron chi connectivity index (χ2n) is 6.57. The molecule has 3 rings (SSSR count). The Morgan fingerprint density at radius 3 is 2.50 bits per heavy atom. The number of hydrogen-bond donors (Lipinski definition) is 1. The van der Waals surface area contributed by atoms with E-state index in [-0.39, 0.29) is 21.7 Å². The number of halogens is 3. The molecule has 0 spiro atoms. The zero-order valence-corrected chi connectivity index (χ0v) is 17.3. The third-order valence-electron chi connectivity index (χ3n) is 4.44. The molecule has 11 heteroatoms. The zero-order chi connectivity index (χ0) is 21.8. The summed E-state index contributed by atoms with van der Waals surface area (Å²) in [6, 6.07) is 8.42. The highest BCUT2D eigenvalue weighted by Crippen LogP contribution is 2.27. The number of benzene rings is 1. The fraction of sp³-hybridized carbons (Fsp3) is 0.316. The summed E-state index contributed by atoms with van der Waals surface area (Å²) in [5.74, 6) is -0.757. The first-order valence-corrected chi connectivity index (χ1v) is 11.4. The second kappa shape index (κ2) is 9.19. The van der Waals surface area contributed by atoms with E-state index in [4.69, 9.17) is 0 Å². The number of nitrogens with zero attached hydrogens (tertiary/aromatic N) is 1. The summed E-state index contributed by atoms with van der Waals surface area (Å²) in [6.07, 6.45) is -1.48. The number of ether oxygens (including phenoxy) is 1. The second-order valence-corrected chi connectivity index (χ2v) is 9.46. The molecular weight excluding hydrogens is 441 g/mol. The Kier molecular flexibility index (Phi) is 6.84. The van der Waals surface area contributed by atoms with Crippen molar-refractivity contribution < 1.29 is 31.1 Å². The molecule has 0 bridgehead atoms. The summed E-state index contributed by atoms with van der Waals surface area (Å²) in [7, 11) is -3.58. The van der Waals surface area contributed by atoms with Crippen molar-refractivity contribution in [2.24, 2.45) is 0 Å². The number of para-hydroxylation sites is 1. The van der Waals surface area contributed by atoms with Gasteiger partial charge in [-0.1, -0.05) is 24.3 Å². The highest BCUT2D eigenvalue weighted by Gasteiger charge is 2.32. The van der Waals surface area contributed by atoms with Crippen LogP contribution >= 0.6 is 11.3 Å². The minimum Gasteiger partial charge on any atom is -0.405 e. The van der Waals surface area contributed by atoms with Gasteiger partial charge in [-0.25, -0.2) is 13.1 Å². The molecule has 30 heavy (non-hydrogen) atoms. The molecule has 1 aromatic carbocycles. The molecule has 162 valence electrons. The molecule has 2 aromatic rings. The summed E-state index contributed by atoms with van der Waals surface area (Å²) < 4.78 is 68.9. The van der Waals surface area contributed by atoms with Gasteiger partial charge >= 0.3 is 6.36 Å². The number of rotatable bonds is 6. The van der Waals surface area contributed by atoms with Gasteiger partial charge in [-0.15, -0.1) is 24.5 Å². The van der Waals surface area contributed by atoms with Crippen molar-refractivity contribution in [1.29, 1.82) is 0 Å². The quantitative estimate of drug-likeness (QED) is 0.668. The van der Waals surface area contributed by atoms with Gasteiger partial charge in [0.05, 0.1) is 0 Å². The Morgan fingerprint density at radius 1 is 1.17 bits per heavy atom. The smallest absolute Gasteiger partial charge is 0.405 e. The highest BCUT2D eigenvalue weighted by molar-refractivity contribution is 7.91. The van der Waals surface area contributed by atoms with Gasteiger partial charge in [0.1, 0.15) is 9.96 Å². The Labute approximate surface area is 176 Å². The normalized spacial score (nSPS) is 16.2. The van der Waals surface area contributed by atoms with Gasteiger partial charge in [-0.3, -0.25) is 4.79 Å². The van der Waals surface area contributed by atoms with Crippen molar-refractivity contribution in [1.82, 2.24) is 9.62 Å². The lowest BCUT2D eigenvalue weighted by molar-refractivity contribution is -0.274. The van der Waals surface area contributed by atoms with Gasteiger partial charge < -0.3 is 9.64 Å². The lowest BCUT2D eigenvalue weighted by Gasteiger charge is -2.31. The maximum atomic E-state index is 12.5. The van der Waals surface area contributed by atoms with E-state index in [0.717, 1.165) is 11.3 Å². The van der Waals surface area contributed by atoms with Gasteiger partial charge in [0.2, 0.25) is 15.9 Å². The van der Waals surface area contributed by atoms with Crippen molar-refractivity contribution in [3.05, 3.63) is 53.4 Å². The lowest BCUT2D eigenvalue weighted by atomic mass is 10.1. The van der Waals surface area contributed by atoms with E-state index in [1.807, 2.05) is 0 Å². The number of nitrogens with one attached hydrogen (secondary N) is 1. The molecule has 0 atom stereocenters. The molecule has 1 aromatic heterocycles. The molecule has 0 radical (unpaired) electrons. The molecule has 0 unspecified atom stereocenters. The maximum absolute atomic E-state index is 12.5. The summed E-state index contributed by atoms with van der Waals surface area (Å²) in [5, 5.41) is 1.68. The summed E-state index contributed by atoms with van der Waals surface area (Å²) in [6.45, 7) is 0.670. The number of carbonyl (C=O) groups is 1. The molecule has 0 saturated carbocycles.